The van der Waals surface area contributed by atoms with Crippen LogP contribution in [-0.4, -0.2) is 27.6 Å². The van der Waals surface area contributed by atoms with Gasteiger partial charge in [0.25, 0.3) is 5.91 Å². The van der Waals surface area contributed by atoms with Crippen LogP contribution >= 0.6 is 11.6 Å². The van der Waals surface area contributed by atoms with E-state index in [9.17, 15) is 9.59 Å². The Bertz CT molecular complexity index is 872. The second-order valence-corrected chi connectivity index (χ2v) is 8.18. The molecule has 2 amide bonds. The molecular formula is C21H29ClN4O2. The summed E-state index contributed by atoms with van der Waals surface area (Å²) in [6.07, 6.45) is 0.203. The third kappa shape index (κ3) is 5.58. The van der Waals surface area contributed by atoms with Gasteiger partial charge in [0.1, 0.15) is 0 Å². The van der Waals surface area contributed by atoms with Gasteiger partial charge in [0, 0.05) is 29.4 Å². The van der Waals surface area contributed by atoms with Crippen LogP contribution in [0.2, 0.25) is 5.02 Å². The van der Waals surface area contributed by atoms with Gasteiger partial charge < -0.3 is 10.6 Å². The maximum Gasteiger partial charge on any atom is 0.251 e. The molecule has 0 aliphatic heterocycles. The summed E-state index contributed by atoms with van der Waals surface area (Å²) in [6, 6.07) is 4.87. The standard InChI is InChI=1S/C21H29ClN4O2/c1-12(2)11-26-15(6)17(14(5)25-26)10-20(27)24-19-9-16(7-8-18(19)22)21(28)23-13(3)4/h7-9,12-13H,10-11H2,1-6H3,(H,23,28)(H,24,27). The lowest BCUT2D eigenvalue weighted by Crippen LogP contribution is -2.30. The summed E-state index contributed by atoms with van der Waals surface area (Å²) in [5.74, 6) is 0.0700. The van der Waals surface area contributed by atoms with E-state index in [0.717, 1.165) is 23.5 Å². The van der Waals surface area contributed by atoms with Crippen LogP contribution in [0, 0.1) is 19.8 Å². The number of aryl methyl sites for hydroxylation is 1. The number of hydrogen-bond donors (Lipinski definition) is 2. The van der Waals surface area contributed by atoms with Crippen LogP contribution in [0.25, 0.3) is 0 Å². The van der Waals surface area contributed by atoms with E-state index in [2.05, 4.69) is 29.6 Å². The van der Waals surface area contributed by atoms with Crippen LogP contribution in [0.5, 0.6) is 0 Å². The average Bonchev–Trinajstić information content (AvgIpc) is 2.83. The van der Waals surface area contributed by atoms with Gasteiger partial charge in [-0.15, -0.1) is 0 Å². The zero-order valence-electron chi connectivity index (χ0n) is 17.4. The molecule has 6 nitrogen and oxygen atoms in total. The first-order chi connectivity index (χ1) is 13.1. The van der Waals surface area contributed by atoms with Crippen LogP contribution in [0.3, 0.4) is 0 Å². The number of nitrogens with zero attached hydrogens (tertiary/aromatic N) is 2. The Kier molecular flexibility index (Phi) is 7.24. The molecule has 0 atom stereocenters. The summed E-state index contributed by atoms with van der Waals surface area (Å²) >= 11 is 6.21. The van der Waals surface area contributed by atoms with Gasteiger partial charge in [0.2, 0.25) is 5.91 Å². The molecule has 28 heavy (non-hydrogen) atoms. The van der Waals surface area contributed by atoms with Gasteiger partial charge in [0.05, 0.1) is 22.8 Å². The maximum atomic E-state index is 12.6. The minimum atomic E-state index is -0.205. The highest BCUT2D eigenvalue weighted by Crippen LogP contribution is 2.24. The number of aromatic nitrogens is 2. The first-order valence-electron chi connectivity index (χ1n) is 9.51. The van der Waals surface area contributed by atoms with Crippen molar-refractivity contribution in [3.05, 3.63) is 45.7 Å². The first kappa shape index (κ1) is 22.0. The highest BCUT2D eigenvalue weighted by atomic mass is 35.5. The van der Waals surface area contributed by atoms with Crippen molar-refractivity contribution in [3.8, 4) is 0 Å². The van der Waals surface area contributed by atoms with Crippen molar-refractivity contribution in [3.63, 3.8) is 0 Å². The number of halogens is 1. The average molecular weight is 405 g/mol. The molecule has 2 aromatic rings. The summed E-state index contributed by atoms with van der Waals surface area (Å²) < 4.78 is 1.95. The first-order valence-corrected chi connectivity index (χ1v) is 9.89. The van der Waals surface area contributed by atoms with Crippen molar-refractivity contribution in [2.75, 3.05) is 5.32 Å². The lowest BCUT2D eigenvalue weighted by molar-refractivity contribution is -0.115. The van der Waals surface area contributed by atoms with Crippen molar-refractivity contribution in [1.29, 1.82) is 0 Å². The van der Waals surface area contributed by atoms with E-state index in [1.165, 1.54) is 0 Å². The number of carbonyl (C=O) groups is 2. The zero-order valence-corrected chi connectivity index (χ0v) is 18.1. The number of carbonyl (C=O) groups excluding carboxylic acids is 2. The largest absolute Gasteiger partial charge is 0.350 e. The van der Waals surface area contributed by atoms with E-state index in [1.54, 1.807) is 18.2 Å². The quantitative estimate of drug-likeness (QED) is 0.728. The van der Waals surface area contributed by atoms with E-state index >= 15 is 0 Å². The summed E-state index contributed by atoms with van der Waals surface area (Å²) in [5.41, 5.74) is 3.64. The minimum absolute atomic E-state index is 0.0227. The Labute approximate surface area is 171 Å². The highest BCUT2D eigenvalue weighted by molar-refractivity contribution is 6.33. The summed E-state index contributed by atoms with van der Waals surface area (Å²) in [5, 5.41) is 10.6. The van der Waals surface area contributed by atoms with Crippen LogP contribution in [0.4, 0.5) is 5.69 Å². The SMILES string of the molecule is Cc1nn(CC(C)C)c(C)c1CC(=O)Nc1cc(C(=O)NC(C)C)ccc1Cl. The van der Waals surface area contributed by atoms with Crippen LogP contribution in [0.1, 0.15) is 55.0 Å². The molecule has 0 fully saturated rings. The second-order valence-electron chi connectivity index (χ2n) is 7.77. The highest BCUT2D eigenvalue weighted by Gasteiger charge is 2.17. The van der Waals surface area contributed by atoms with Gasteiger partial charge in [0.15, 0.2) is 0 Å². The Hall–Kier alpha value is -2.34. The summed E-state index contributed by atoms with van der Waals surface area (Å²) in [4.78, 5) is 24.8. The third-order valence-electron chi connectivity index (χ3n) is 4.33. The molecule has 1 aromatic carbocycles. The molecule has 0 unspecified atom stereocenters. The fourth-order valence-corrected chi connectivity index (χ4v) is 3.14. The molecule has 0 aliphatic carbocycles. The fourth-order valence-electron chi connectivity index (χ4n) is 2.98. The molecule has 0 saturated carbocycles. The Morgan fingerprint density at radius 3 is 2.46 bits per heavy atom. The lowest BCUT2D eigenvalue weighted by Gasteiger charge is -2.12. The summed E-state index contributed by atoms with van der Waals surface area (Å²) in [6.45, 7) is 12.8. The minimum Gasteiger partial charge on any atom is -0.350 e. The molecule has 0 aliphatic rings. The van der Waals surface area contributed by atoms with Crippen molar-refractivity contribution < 1.29 is 9.59 Å². The molecule has 0 radical (unpaired) electrons. The molecule has 0 spiro atoms. The zero-order chi connectivity index (χ0) is 21.0. The smallest absolute Gasteiger partial charge is 0.251 e. The van der Waals surface area contributed by atoms with Crippen LogP contribution in [-0.2, 0) is 17.8 Å². The topological polar surface area (TPSA) is 76.0 Å². The summed E-state index contributed by atoms with van der Waals surface area (Å²) in [7, 11) is 0. The van der Waals surface area contributed by atoms with Gasteiger partial charge in [-0.3, -0.25) is 14.3 Å². The fraction of sp³-hybridized carbons (Fsp3) is 0.476. The predicted octanol–water partition coefficient (Wildman–Crippen LogP) is 4.13. The Balaban J connectivity index is 2.15. The molecular weight excluding hydrogens is 376 g/mol. The number of rotatable bonds is 7. The molecule has 152 valence electrons. The maximum absolute atomic E-state index is 12.6. The molecule has 0 saturated heterocycles. The van der Waals surface area contributed by atoms with Crippen molar-refractivity contribution in [1.82, 2.24) is 15.1 Å². The van der Waals surface area contributed by atoms with Crippen LogP contribution < -0.4 is 10.6 Å². The Morgan fingerprint density at radius 1 is 1.18 bits per heavy atom. The number of hydrogen-bond acceptors (Lipinski definition) is 3. The van der Waals surface area contributed by atoms with E-state index in [0.29, 0.717) is 22.2 Å². The van der Waals surface area contributed by atoms with E-state index in [-0.39, 0.29) is 24.3 Å². The monoisotopic (exact) mass is 404 g/mol. The van der Waals surface area contributed by atoms with Gasteiger partial charge in [-0.1, -0.05) is 25.4 Å². The van der Waals surface area contributed by atoms with Gasteiger partial charge >= 0.3 is 0 Å². The normalized spacial score (nSPS) is 11.2. The number of anilines is 1. The predicted molar refractivity (Wildman–Crippen MR) is 113 cm³/mol. The van der Waals surface area contributed by atoms with Gasteiger partial charge in [-0.25, -0.2) is 0 Å². The van der Waals surface area contributed by atoms with Crippen molar-refractivity contribution in [2.24, 2.45) is 5.92 Å². The van der Waals surface area contributed by atoms with Crippen LogP contribution in [0.15, 0.2) is 18.2 Å². The number of amides is 2. The van der Waals surface area contributed by atoms with Gasteiger partial charge in [-0.05, 0) is 51.8 Å². The lowest BCUT2D eigenvalue weighted by atomic mass is 10.1. The van der Waals surface area contributed by atoms with Gasteiger partial charge in [-0.2, -0.15) is 5.10 Å². The van der Waals surface area contributed by atoms with E-state index < -0.39 is 0 Å². The molecule has 0 bridgehead atoms. The van der Waals surface area contributed by atoms with E-state index in [1.807, 2.05) is 32.4 Å². The number of nitrogens with one attached hydrogen (secondary N) is 2. The molecule has 1 aromatic heterocycles. The van der Waals surface area contributed by atoms with E-state index in [4.69, 9.17) is 11.6 Å². The van der Waals surface area contributed by atoms with Crippen molar-refractivity contribution in [2.45, 2.75) is 60.5 Å². The molecule has 2 rings (SSSR count). The van der Waals surface area contributed by atoms with Crippen molar-refractivity contribution >= 4 is 29.1 Å². The Morgan fingerprint density at radius 2 is 1.86 bits per heavy atom. The second kappa shape index (κ2) is 9.24. The number of benzene rings is 1. The molecule has 2 N–H and O–H groups in total. The molecule has 7 heteroatoms. The third-order valence-corrected chi connectivity index (χ3v) is 4.66. The molecule has 1 heterocycles.